The van der Waals surface area contributed by atoms with Crippen LogP contribution in [0.2, 0.25) is 0 Å². The Morgan fingerprint density at radius 3 is 2.18 bits per heavy atom. The molecule has 1 aliphatic heterocycles. The number of hydrogen-bond acceptors (Lipinski definition) is 6. The zero-order valence-corrected chi connectivity index (χ0v) is 22.2. The van der Waals surface area contributed by atoms with E-state index < -0.39 is 5.60 Å². The molecule has 34 heavy (non-hydrogen) atoms. The predicted molar refractivity (Wildman–Crippen MR) is 142 cm³/mol. The highest BCUT2D eigenvalue weighted by Gasteiger charge is 2.32. The zero-order valence-electron chi connectivity index (χ0n) is 20.5. The molecule has 1 saturated heterocycles. The molecule has 0 bridgehead atoms. The number of hydrogen-bond donors (Lipinski definition) is 1. The van der Waals surface area contributed by atoms with Crippen molar-refractivity contribution in [1.29, 1.82) is 0 Å². The van der Waals surface area contributed by atoms with Crippen molar-refractivity contribution >= 4 is 36.5 Å². The molecule has 0 aliphatic carbocycles. The van der Waals surface area contributed by atoms with E-state index >= 15 is 0 Å². The van der Waals surface area contributed by atoms with Crippen LogP contribution in [0.1, 0.15) is 49.0 Å². The minimum Gasteiger partial charge on any atom is -0.491 e. The van der Waals surface area contributed by atoms with E-state index in [4.69, 9.17) is 9.47 Å². The van der Waals surface area contributed by atoms with Crippen LogP contribution in [0.25, 0.3) is 0 Å². The van der Waals surface area contributed by atoms with Gasteiger partial charge in [-0.15, -0.1) is 24.8 Å². The fraction of sp³-hybridized carbons (Fsp3) is 0.500. The first-order valence-corrected chi connectivity index (χ1v) is 11.4. The molecule has 0 spiro atoms. The number of carbonyl (C=O) groups is 1. The van der Waals surface area contributed by atoms with E-state index in [0.29, 0.717) is 5.56 Å². The lowest BCUT2D eigenvalue weighted by Gasteiger charge is -2.39. The lowest BCUT2D eigenvalue weighted by molar-refractivity contribution is -0.0275. The average Bonchev–Trinajstić information content (AvgIpc) is 2.79. The van der Waals surface area contributed by atoms with Gasteiger partial charge in [-0.25, -0.2) is 4.79 Å². The van der Waals surface area contributed by atoms with E-state index in [1.165, 1.54) is 7.11 Å². The summed E-state index contributed by atoms with van der Waals surface area (Å²) in [5, 5.41) is 11.1. The highest BCUT2D eigenvalue weighted by molar-refractivity contribution is 5.89. The van der Waals surface area contributed by atoms with Crippen molar-refractivity contribution in [2.24, 2.45) is 0 Å². The van der Waals surface area contributed by atoms with Crippen LogP contribution in [0.5, 0.6) is 5.75 Å². The Bertz CT molecular complexity index is 867. The molecule has 2 aromatic rings. The van der Waals surface area contributed by atoms with Crippen LogP contribution in [0.4, 0.5) is 5.69 Å². The molecule has 0 amide bonds. The lowest BCUT2D eigenvalue weighted by Crippen LogP contribution is -2.45. The molecule has 1 fully saturated rings. The third-order valence-electron chi connectivity index (χ3n) is 6.13. The van der Waals surface area contributed by atoms with E-state index in [1.807, 2.05) is 38.1 Å². The van der Waals surface area contributed by atoms with Crippen molar-refractivity contribution in [1.82, 2.24) is 4.90 Å². The minimum atomic E-state index is -0.625. The summed E-state index contributed by atoms with van der Waals surface area (Å²) in [4.78, 5) is 16.1. The Morgan fingerprint density at radius 1 is 1.06 bits per heavy atom. The molecule has 1 heterocycles. The third kappa shape index (κ3) is 8.66. The Balaban J connectivity index is 0.00000289. The highest BCUT2D eigenvalue weighted by atomic mass is 35.5. The number of likely N-dealkylation sites (tertiary alicyclic amines) is 1. The molecule has 190 valence electrons. The van der Waals surface area contributed by atoms with Crippen LogP contribution >= 0.6 is 24.8 Å². The summed E-state index contributed by atoms with van der Waals surface area (Å²) in [5.41, 5.74) is 2.22. The summed E-state index contributed by atoms with van der Waals surface area (Å²) < 4.78 is 10.5. The number of ether oxygens (including phenoxy) is 2. The van der Waals surface area contributed by atoms with Crippen LogP contribution in [0.15, 0.2) is 48.5 Å². The summed E-state index contributed by atoms with van der Waals surface area (Å²) >= 11 is 0. The standard InChI is InChI=1S/C26H36N2O4.2ClH/c1-20(2)32-24-11-9-23(10-12-24)27(3)16-13-26(30)14-17-28(18-15-26)19-21-5-7-22(8-6-21)25(29)31-4;;/h5-12,20,30H,13-19H2,1-4H3;2*1H. The van der Waals surface area contributed by atoms with Gasteiger partial charge in [0.05, 0.1) is 24.4 Å². The maximum atomic E-state index is 11.6. The molecular weight excluding hydrogens is 475 g/mol. The number of carbonyl (C=O) groups excluding carboxylic acids is 1. The first-order valence-electron chi connectivity index (χ1n) is 11.4. The van der Waals surface area contributed by atoms with Gasteiger partial charge in [-0.2, -0.15) is 0 Å². The second kappa shape index (κ2) is 13.8. The van der Waals surface area contributed by atoms with Crippen molar-refractivity contribution in [3.8, 4) is 5.75 Å². The van der Waals surface area contributed by atoms with E-state index in [-0.39, 0.29) is 36.9 Å². The first-order chi connectivity index (χ1) is 15.3. The molecular formula is C26H38Cl2N2O4. The van der Waals surface area contributed by atoms with Crippen molar-refractivity contribution in [3.63, 3.8) is 0 Å². The minimum absolute atomic E-state index is 0. The van der Waals surface area contributed by atoms with Crippen LogP contribution in [0.3, 0.4) is 0 Å². The fourth-order valence-corrected chi connectivity index (χ4v) is 4.06. The van der Waals surface area contributed by atoms with Crippen LogP contribution in [-0.4, -0.2) is 61.5 Å². The number of nitrogens with zero attached hydrogens (tertiary/aromatic N) is 2. The lowest BCUT2D eigenvalue weighted by atomic mass is 9.88. The normalized spacial score (nSPS) is 15.1. The molecule has 1 aliphatic rings. The summed E-state index contributed by atoms with van der Waals surface area (Å²) in [7, 11) is 3.45. The fourth-order valence-electron chi connectivity index (χ4n) is 4.06. The van der Waals surface area contributed by atoms with E-state index in [9.17, 15) is 9.90 Å². The molecule has 0 radical (unpaired) electrons. The SMILES string of the molecule is COC(=O)c1ccc(CN2CCC(O)(CCN(C)c3ccc(OC(C)C)cc3)CC2)cc1.Cl.Cl. The van der Waals surface area contributed by atoms with Gasteiger partial charge in [0, 0.05) is 38.9 Å². The largest absolute Gasteiger partial charge is 0.491 e. The summed E-state index contributed by atoms with van der Waals surface area (Å²) in [6.45, 7) is 7.39. The van der Waals surface area contributed by atoms with Gasteiger partial charge in [0.2, 0.25) is 0 Å². The third-order valence-corrected chi connectivity index (χ3v) is 6.13. The van der Waals surface area contributed by atoms with Crippen molar-refractivity contribution in [2.75, 3.05) is 38.7 Å². The number of methoxy groups -OCH3 is 1. The monoisotopic (exact) mass is 512 g/mol. The number of benzene rings is 2. The molecule has 0 unspecified atom stereocenters. The number of rotatable bonds is 9. The van der Waals surface area contributed by atoms with Gasteiger partial charge in [0.15, 0.2) is 0 Å². The Labute approximate surface area is 216 Å². The molecule has 8 heteroatoms. The average molecular weight is 514 g/mol. The quantitative estimate of drug-likeness (QED) is 0.479. The molecule has 0 atom stereocenters. The van der Waals surface area contributed by atoms with Gasteiger partial charge in [-0.1, -0.05) is 12.1 Å². The topological polar surface area (TPSA) is 62.2 Å². The number of piperidine rings is 1. The van der Waals surface area contributed by atoms with Gasteiger partial charge >= 0.3 is 5.97 Å². The molecule has 0 aromatic heterocycles. The molecule has 0 saturated carbocycles. The molecule has 2 aromatic carbocycles. The maximum absolute atomic E-state index is 11.6. The van der Waals surface area contributed by atoms with Gasteiger partial charge in [0.1, 0.15) is 5.75 Å². The van der Waals surface area contributed by atoms with E-state index in [0.717, 1.165) is 62.4 Å². The zero-order chi connectivity index (χ0) is 23.1. The Hall–Kier alpha value is -1.99. The Morgan fingerprint density at radius 2 is 1.65 bits per heavy atom. The smallest absolute Gasteiger partial charge is 0.337 e. The van der Waals surface area contributed by atoms with Gasteiger partial charge in [0.25, 0.3) is 0 Å². The predicted octanol–water partition coefficient (Wildman–Crippen LogP) is 4.96. The second-order valence-electron chi connectivity index (χ2n) is 9.02. The molecule has 3 rings (SSSR count). The van der Waals surface area contributed by atoms with Crippen molar-refractivity contribution < 1.29 is 19.4 Å². The van der Waals surface area contributed by atoms with E-state index in [1.54, 1.807) is 12.1 Å². The number of esters is 1. The number of aliphatic hydroxyl groups is 1. The summed E-state index contributed by atoms with van der Waals surface area (Å²) in [5.74, 6) is 0.562. The summed E-state index contributed by atoms with van der Waals surface area (Å²) in [6, 6.07) is 15.7. The first kappa shape index (κ1) is 30.0. The summed E-state index contributed by atoms with van der Waals surface area (Å²) in [6.07, 6.45) is 2.44. The Kier molecular flexibility index (Phi) is 12.2. The van der Waals surface area contributed by atoms with Crippen LogP contribution in [-0.2, 0) is 11.3 Å². The van der Waals surface area contributed by atoms with Crippen LogP contribution < -0.4 is 9.64 Å². The van der Waals surface area contributed by atoms with Crippen molar-refractivity contribution in [3.05, 3.63) is 59.7 Å². The van der Waals surface area contributed by atoms with Gasteiger partial charge in [-0.05, 0) is 75.1 Å². The number of halogens is 2. The molecule has 6 nitrogen and oxygen atoms in total. The van der Waals surface area contributed by atoms with Gasteiger partial charge in [-0.3, -0.25) is 4.90 Å². The molecule has 1 N–H and O–H groups in total. The van der Waals surface area contributed by atoms with Crippen LogP contribution in [0, 0.1) is 0 Å². The van der Waals surface area contributed by atoms with Gasteiger partial charge < -0.3 is 19.5 Å². The number of anilines is 1. The maximum Gasteiger partial charge on any atom is 0.337 e. The second-order valence-corrected chi connectivity index (χ2v) is 9.02. The van der Waals surface area contributed by atoms with E-state index in [2.05, 4.69) is 29.0 Å². The highest BCUT2D eigenvalue weighted by Crippen LogP contribution is 2.28. The van der Waals surface area contributed by atoms with Crippen molar-refractivity contribution in [2.45, 2.75) is 51.4 Å².